The number of aromatic amines is 1. The van der Waals surface area contributed by atoms with Crippen LogP contribution in [-0.4, -0.2) is 54.7 Å². The van der Waals surface area contributed by atoms with Crippen LogP contribution in [0.25, 0.3) is 11.5 Å². The fourth-order valence-electron chi connectivity index (χ4n) is 4.60. The van der Waals surface area contributed by atoms with Gasteiger partial charge in [-0.15, -0.1) is 5.10 Å². The van der Waals surface area contributed by atoms with Gasteiger partial charge in [-0.1, -0.05) is 5.10 Å². The summed E-state index contributed by atoms with van der Waals surface area (Å²) in [6, 6.07) is 2.72. The first-order valence-electron chi connectivity index (χ1n) is 11.2. The van der Waals surface area contributed by atoms with Crippen LogP contribution in [0.4, 0.5) is 25.1 Å². The molecule has 4 aromatic rings. The van der Waals surface area contributed by atoms with Gasteiger partial charge in [-0.3, -0.25) is 0 Å². The number of benzene rings is 1. The van der Waals surface area contributed by atoms with Gasteiger partial charge in [0.15, 0.2) is 17.3 Å². The minimum Gasteiger partial charge on any atom is -0.403 e. The Balaban J connectivity index is 1.08. The van der Waals surface area contributed by atoms with E-state index in [-0.39, 0.29) is 24.8 Å². The minimum atomic E-state index is -1.54. The van der Waals surface area contributed by atoms with E-state index in [9.17, 15) is 8.78 Å². The van der Waals surface area contributed by atoms with Crippen LogP contribution in [0.2, 0.25) is 0 Å². The van der Waals surface area contributed by atoms with Gasteiger partial charge < -0.3 is 14.6 Å². The molecular formula is C22H20F3N9O. The van der Waals surface area contributed by atoms with Crippen molar-refractivity contribution in [3.63, 3.8) is 0 Å². The Kier molecular flexibility index (Phi) is 5.11. The standard InChI is InChI=1S/C22H20F3N9O/c23-16-7-12-5-15(6-13(12)8-17(16)24)29-20-26-9-14(10-27-20)19-31-32-21(35-19)34-3-1-22(25,2-4-34)18-11-28-33-30-18/h7-11,15H,1-6H2,(H,26,27,29)(H,28,30,33). The molecule has 1 aliphatic heterocycles. The number of H-pyrrole nitrogens is 1. The topological polar surface area (TPSA) is 122 Å². The highest BCUT2D eigenvalue weighted by Gasteiger charge is 2.39. The zero-order valence-corrected chi connectivity index (χ0v) is 18.4. The lowest BCUT2D eigenvalue weighted by atomic mass is 9.91. The SMILES string of the molecule is Fc1cc2c(cc1F)CC(Nc1ncc(-c3nnc(N4CCC(F)(c5cn[nH]n5)CC4)o3)cn1)C2. The van der Waals surface area contributed by atoms with E-state index in [0.717, 1.165) is 11.1 Å². The second-order valence-corrected chi connectivity index (χ2v) is 8.78. The van der Waals surface area contributed by atoms with Crippen LogP contribution >= 0.6 is 0 Å². The molecule has 0 radical (unpaired) electrons. The third-order valence-corrected chi connectivity index (χ3v) is 6.52. The van der Waals surface area contributed by atoms with Crippen LogP contribution in [0.15, 0.2) is 35.1 Å². The summed E-state index contributed by atoms with van der Waals surface area (Å²) in [4.78, 5) is 10.4. The lowest BCUT2D eigenvalue weighted by molar-refractivity contribution is 0.117. The fourth-order valence-corrected chi connectivity index (χ4v) is 4.60. The molecule has 1 aliphatic carbocycles. The second-order valence-electron chi connectivity index (χ2n) is 8.78. The van der Waals surface area contributed by atoms with Crippen molar-refractivity contribution in [1.82, 2.24) is 35.6 Å². The highest BCUT2D eigenvalue weighted by atomic mass is 19.2. The average Bonchev–Trinajstić information content (AvgIpc) is 3.62. The van der Waals surface area contributed by atoms with Crippen molar-refractivity contribution >= 4 is 12.0 Å². The van der Waals surface area contributed by atoms with Gasteiger partial charge in [0, 0.05) is 44.4 Å². The summed E-state index contributed by atoms with van der Waals surface area (Å²) in [5, 5.41) is 21.4. The molecule has 4 heterocycles. The molecule has 0 bridgehead atoms. The van der Waals surface area contributed by atoms with Gasteiger partial charge >= 0.3 is 6.01 Å². The molecule has 10 nitrogen and oxygen atoms in total. The Bertz CT molecular complexity index is 1300. The molecule has 0 unspecified atom stereocenters. The summed E-state index contributed by atoms with van der Waals surface area (Å²) in [7, 11) is 0. The number of nitrogens with zero attached hydrogens (tertiary/aromatic N) is 7. The molecule has 0 atom stereocenters. The maximum absolute atomic E-state index is 15.1. The first-order valence-corrected chi connectivity index (χ1v) is 11.2. The van der Waals surface area contributed by atoms with E-state index in [0.29, 0.717) is 49.2 Å². The van der Waals surface area contributed by atoms with Crippen LogP contribution in [-0.2, 0) is 18.5 Å². The normalized spacial score (nSPS) is 17.5. The van der Waals surface area contributed by atoms with Crippen molar-refractivity contribution in [1.29, 1.82) is 0 Å². The molecule has 3 aromatic heterocycles. The first-order chi connectivity index (χ1) is 17.0. The highest BCUT2D eigenvalue weighted by Crippen LogP contribution is 2.37. The number of rotatable bonds is 5. The van der Waals surface area contributed by atoms with Crippen molar-refractivity contribution in [3.8, 4) is 11.5 Å². The van der Waals surface area contributed by atoms with E-state index < -0.39 is 17.3 Å². The maximum atomic E-state index is 15.1. The summed E-state index contributed by atoms with van der Waals surface area (Å²) in [5.41, 5.74) is 0.856. The Morgan fingerprint density at radius 2 is 1.69 bits per heavy atom. The van der Waals surface area contributed by atoms with Crippen LogP contribution in [0.5, 0.6) is 0 Å². The van der Waals surface area contributed by atoms with E-state index >= 15 is 4.39 Å². The van der Waals surface area contributed by atoms with Crippen molar-refractivity contribution < 1.29 is 17.6 Å². The van der Waals surface area contributed by atoms with E-state index in [1.807, 2.05) is 4.90 Å². The lowest BCUT2D eigenvalue weighted by Gasteiger charge is -2.33. The van der Waals surface area contributed by atoms with Crippen molar-refractivity contribution in [2.75, 3.05) is 23.3 Å². The number of nitrogens with one attached hydrogen (secondary N) is 2. The maximum Gasteiger partial charge on any atom is 0.318 e. The van der Waals surface area contributed by atoms with Crippen molar-refractivity contribution in [2.45, 2.75) is 37.4 Å². The molecule has 2 N–H and O–H groups in total. The summed E-state index contributed by atoms with van der Waals surface area (Å²) in [6.45, 7) is 0.782. The number of fused-ring (bicyclic) bond motifs is 1. The molecule has 6 rings (SSSR count). The third kappa shape index (κ3) is 4.06. The number of piperidine rings is 1. The second kappa shape index (κ2) is 8.32. The third-order valence-electron chi connectivity index (χ3n) is 6.52. The number of alkyl halides is 1. The number of anilines is 2. The number of hydrogen-bond acceptors (Lipinski definition) is 9. The molecule has 2 aliphatic rings. The fraction of sp³-hybridized carbons (Fsp3) is 0.364. The summed E-state index contributed by atoms with van der Waals surface area (Å²) >= 11 is 0. The van der Waals surface area contributed by atoms with Crippen LogP contribution in [0, 0.1) is 11.6 Å². The Morgan fingerprint density at radius 3 is 2.31 bits per heavy atom. The summed E-state index contributed by atoms with van der Waals surface area (Å²) in [5.74, 6) is -1.05. The molecule has 13 heteroatoms. The van der Waals surface area contributed by atoms with Crippen molar-refractivity contribution in [2.24, 2.45) is 0 Å². The molecule has 0 saturated carbocycles. The molecule has 1 saturated heterocycles. The largest absolute Gasteiger partial charge is 0.403 e. The van der Waals surface area contributed by atoms with Crippen LogP contribution in [0.1, 0.15) is 29.7 Å². The van der Waals surface area contributed by atoms with Gasteiger partial charge in [-0.25, -0.2) is 23.1 Å². The van der Waals surface area contributed by atoms with E-state index in [4.69, 9.17) is 4.42 Å². The smallest absolute Gasteiger partial charge is 0.318 e. The molecule has 0 amide bonds. The molecule has 35 heavy (non-hydrogen) atoms. The van der Waals surface area contributed by atoms with Gasteiger partial charge in [-0.2, -0.15) is 15.4 Å². The highest BCUT2D eigenvalue weighted by molar-refractivity contribution is 5.52. The minimum absolute atomic E-state index is 0.0639. The predicted octanol–water partition coefficient (Wildman–Crippen LogP) is 2.97. The Hall–Kier alpha value is -4.03. The van der Waals surface area contributed by atoms with Crippen LogP contribution < -0.4 is 10.2 Å². The molecule has 1 fully saturated rings. The zero-order chi connectivity index (χ0) is 24.0. The predicted molar refractivity (Wildman–Crippen MR) is 117 cm³/mol. The lowest BCUT2D eigenvalue weighted by Crippen LogP contribution is -2.40. The monoisotopic (exact) mass is 483 g/mol. The van der Waals surface area contributed by atoms with Crippen molar-refractivity contribution in [3.05, 3.63) is 59.2 Å². The van der Waals surface area contributed by atoms with Gasteiger partial charge in [0.1, 0.15) is 5.69 Å². The van der Waals surface area contributed by atoms with Gasteiger partial charge in [0.05, 0.1) is 11.8 Å². The van der Waals surface area contributed by atoms with Crippen LogP contribution in [0.3, 0.4) is 0 Å². The summed E-state index contributed by atoms with van der Waals surface area (Å²) < 4.78 is 47.9. The number of aromatic nitrogens is 7. The van der Waals surface area contributed by atoms with Gasteiger partial charge in [0.25, 0.3) is 5.89 Å². The molecular weight excluding hydrogens is 463 g/mol. The Morgan fingerprint density at radius 1 is 1.00 bits per heavy atom. The summed E-state index contributed by atoms with van der Waals surface area (Å²) in [6.07, 6.45) is 6.08. The molecule has 1 aromatic carbocycles. The van der Waals surface area contributed by atoms with E-state index in [2.05, 4.69) is 40.9 Å². The Labute approximate surface area is 197 Å². The quantitative estimate of drug-likeness (QED) is 0.441. The van der Waals surface area contributed by atoms with Gasteiger partial charge in [-0.05, 0) is 36.1 Å². The number of hydrogen-bond donors (Lipinski definition) is 2. The average molecular weight is 483 g/mol. The molecule has 0 spiro atoms. The number of halogens is 3. The van der Waals surface area contributed by atoms with E-state index in [1.54, 1.807) is 12.4 Å². The zero-order valence-electron chi connectivity index (χ0n) is 18.4. The van der Waals surface area contributed by atoms with Gasteiger partial charge in [0.2, 0.25) is 5.95 Å². The van der Waals surface area contributed by atoms with E-state index in [1.165, 1.54) is 18.3 Å². The molecule has 180 valence electrons. The first kappa shape index (κ1) is 21.5.